The summed E-state index contributed by atoms with van der Waals surface area (Å²) in [6.07, 6.45) is -1.22. The van der Waals surface area contributed by atoms with E-state index in [9.17, 15) is 24.3 Å². The van der Waals surface area contributed by atoms with Crippen LogP contribution in [-0.2, 0) is 14.4 Å². The van der Waals surface area contributed by atoms with Crippen molar-refractivity contribution in [1.82, 2.24) is 0 Å². The van der Waals surface area contributed by atoms with Crippen molar-refractivity contribution in [2.45, 2.75) is 33.3 Å². The molecule has 0 amide bonds. The van der Waals surface area contributed by atoms with Gasteiger partial charge in [-0.05, 0) is 12.1 Å². The second-order valence-corrected chi connectivity index (χ2v) is 6.50. The lowest BCUT2D eigenvalue weighted by Gasteiger charge is -2.28. The molecule has 0 unspecified atom stereocenters. The van der Waals surface area contributed by atoms with Crippen LogP contribution in [0.15, 0.2) is 30.3 Å². The maximum Gasteiger partial charge on any atom is 0.308 e. The molecule has 0 saturated heterocycles. The van der Waals surface area contributed by atoms with Crippen molar-refractivity contribution in [3.63, 3.8) is 0 Å². The van der Waals surface area contributed by atoms with E-state index in [1.54, 1.807) is 0 Å². The average molecular weight is 414 g/mol. The Morgan fingerprint density at radius 3 is 2.07 bits per heavy atom. The predicted molar refractivity (Wildman–Crippen MR) is 101 cm³/mol. The number of carbonyl (C=O) groups is 4. The molecule has 0 saturated carbocycles. The minimum Gasteiger partial charge on any atom is -0.507 e. The van der Waals surface area contributed by atoms with Gasteiger partial charge < -0.3 is 24.1 Å². The number of carbonyl (C=O) groups excluding carboxylic acids is 4. The Bertz CT molecular complexity index is 1020. The summed E-state index contributed by atoms with van der Waals surface area (Å²) in [5.74, 6) is -2.64. The largest absolute Gasteiger partial charge is 0.507 e. The van der Waals surface area contributed by atoms with Crippen LogP contribution in [0.3, 0.4) is 0 Å². The number of benzene rings is 2. The van der Waals surface area contributed by atoms with Crippen LogP contribution in [0.25, 0.3) is 0 Å². The van der Waals surface area contributed by atoms with Crippen molar-refractivity contribution in [1.29, 1.82) is 0 Å². The van der Waals surface area contributed by atoms with E-state index in [4.69, 9.17) is 18.9 Å². The molecule has 3 rings (SSSR count). The molecule has 30 heavy (non-hydrogen) atoms. The molecule has 0 aliphatic carbocycles. The molecule has 1 aliphatic rings. The first-order valence-corrected chi connectivity index (χ1v) is 8.90. The van der Waals surface area contributed by atoms with Crippen LogP contribution in [0.1, 0.15) is 49.2 Å². The zero-order chi connectivity index (χ0) is 22.0. The maximum atomic E-state index is 12.7. The molecule has 1 aliphatic heterocycles. The van der Waals surface area contributed by atoms with Crippen LogP contribution < -0.4 is 18.9 Å². The van der Waals surface area contributed by atoms with Gasteiger partial charge in [0.15, 0.2) is 5.78 Å². The second-order valence-electron chi connectivity index (χ2n) is 6.50. The van der Waals surface area contributed by atoms with Crippen molar-refractivity contribution in [3.05, 3.63) is 41.5 Å². The molecule has 0 spiro atoms. The lowest BCUT2D eigenvalue weighted by Crippen LogP contribution is -2.22. The SMILES string of the molecule is CC(=O)Oc1cc(O)c2c(c1)O[C@H](c1c(OC(C)=O)cccc1OC(C)=O)CC2=O. The fraction of sp³-hybridized carbons (Fsp3) is 0.238. The van der Waals surface area contributed by atoms with Gasteiger partial charge in [-0.1, -0.05) is 6.07 Å². The van der Waals surface area contributed by atoms with E-state index in [0.717, 1.165) is 6.07 Å². The fourth-order valence-corrected chi connectivity index (χ4v) is 3.13. The number of ketones is 1. The number of ether oxygens (including phenoxy) is 4. The van der Waals surface area contributed by atoms with Crippen molar-refractivity contribution in [2.75, 3.05) is 0 Å². The van der Waals surface area contributed by atoms with Crippen LogP contribution >= 0.6 is 0 Å². The Hall–Kier alpha value is -3.88. The summed E-state index contributed by atoms with van der Waals surface area (Å²) in [7, 11) is 0. The molecule has 2 aromatic rings. The zero-order valence-electron chi connectivity index (χ0n) is 16.4. The fourth-order valence-electron chi connectivity index (χ4n) is 3.13. The Morgan fingerprint density at radius 2 is 1.53 bits per heavy atom. The number of hydrogen-bond donors (Lipinski definition) is 1. The van der Waals surface area contributed by atoms with Crippen LogP contribution in [0.4, 0.5) is 0 Å². The molecule has 1 atom stereocenters. The first-order chi connectivity index (χ1) is 14.2. The van der Waals surface area contributed by atoms with E-state index in [2.05, 4.69) is 0 Å². The molecule has 0 bridgehead atoms. The highest BCUT2D eigenvalue weighted by Gasteiger charge is 2.35. The van der Waals surface area contributed by atoms with Gasteiger partial charge in [0.05, 0.1) is 12.0 Å². The van der Waals surface area contributed by atoms with Gasteiger partial charge in [-0.2, -0.15) is 0 Å². The van der Waals surface area contributed by atoms with E-state index < -0.39 is 35.5 Å². The van der Waals surface area contributed by atoms with Gasteiger partial charge in [0.25, 0.3) is 0 Å². The summed E-state index contributed by atoms with van der Waals surface area (Å²) >= 11 is 0. The van der Waals surface area contributed by atoms with Gasteiger partial charge in [-0.3, -0.25) is 19.2 Å². The van der Waals surface area contributed by atoms with E-state index in [1.807, 2.05) is 0 Å². The topological polar surface area (TPSA) is 125 Å². The van der Waals surface area contributed by atoms with Gasteiger partial charge in [0, 0.05) is 32.9 Å². The summed E-state index contributed by atoms with van der Waals surface area (Å²) < 4.78 is 21.3. The summed E-state index contributed by atoms with van der Waals surface area (Å²) in [6, 6.07) is 6.89. The summed E-state index contributed by atoms with van der Waals surface area (Å²) in [6.45, 7) is 3.59. The zero-order valence-corrected chi connectivity index (χ0v) is 16.4. The Kier molecular flexibility index (Phi) is 5.72. The number of aromatic hydroxyl groups is 1. The van der Waals surface area contributed by atoms with Crippen molar-refractivity contribution >= 4 is 23.7 Å². The second kappa shape index (κ2) is 8.24. The standard InChI is InChI=1S/C21H18O9/c1-10(22)27-13-7-14(25)20-15(26)9-19(30-18(20)8-13)21-16(28-11(2)23)5-4-6-17(21)29-12(3)24/h4-8,19,25H,9H2,1-3H3/t19-/m0/s1. The predicted octanol–water partition coefficient (Wildman–Crippen LogP) is 2.87. The summed E-state index contributed by atoms with van der Waals surface area (Å²) in [4.78, 5) is 47.0. The third kappa shape index (κ3) is 4.40. The molecule has 156 valence electrons. The van der Waals surface area contributed by atoms with Crippen molar-refractivity contribution < 1.29 is 43.2 Å². The van der Waals surface area contributed by atoms with Gasteiger partial charge in [-0.15, -0.1) is 0 Å². The third-order valence-corrected chi connectivity index (χ3v) is 4.09. The number of rotatable bonds is 4. The highest BCUT2D eigenvalue weighted by Crippen LogP contribution is 2.46. The van der Waals surface area contributed by atoms with Crippen LogP contribution in [-0.4, -0.2) is 28.8 Å². The molecule has 0 aromatic heterocycles. The van der Waals surface area contributed by atoms with Crippen LogP contribution in [0.5, 0.6) is 28.7 Å². The Morgan fingerprint density at radius 1 is 0.967 bits per heavy atom. The maximum absolute atomic E-state index is 12.7. The number of fused-ring (bicyclic) bond motifs is 1. The lowest BCUT2D eigenvalue weighted by atomic mass is 9.94. The first-order valence-electron chi connectivity index (χ1n) is 8.90. The summed E-state index contributed by atoms with van der Waals surface area (Å²) in [5.41, 5.74) is 0.112. The first kappa shape index (κ1) is 20.8. The van der Waals surface area contributed by atoms with E-state index in [-0.39, 0.29) is 40.5 Å². The van der Waals surface area contributed by atoms with Crippen molar-refractivity contribution in [3.8, 4) is 28.7 Å². The van der Waals surface area contributed by atoms with Crippen LogP contribution in [0, 0.1) is 0 Å². The van der Waals surface area contributed by atoms with Gasteiger partial charge in [-0.25, -0.2) is 0 Å². The van der Waals surface area contributed by atoms with Gasteiger partial charge in [0.2, 0.25) is 0 Å². The minimum atomic E-state index is -0.998. The number of hydrogen-bond acceptors (Lipinski definition) is 9. The number of phenols is 1. The lowest BCUT2D eigenvalue weighted by molar-refractivity contribution is -0.133. The quantitative estimate of drug-likeness (QED) is 0.594. The molecule has 2 aromatic carbocycles. The normalized spacial score (nSPS) is 14.9. The van der Waals surface area contributed by atoms with E-state index in [1.165, 1.54) is 45.0 Å². The average Bonchev–Trinajstić information content (AvgIpc) is 2.59. The van der Waals surface area contributed by atoms with Gasteiger partial charge in [0.1, 0.15) is 40.4 Å². The monoisotopic (exact) mass is 414 g/mol. The highest BCUT2D eigenvalue weighted by molar-refractivity contribution is 6.03. The Balaban J connectivity index is 2.09. The molecule has 0 radical (unpaired) electrons. The molecule has 1 N–H and O–H groups in total. The molecular formula is C21H18O9. The van der Waals surface area contributed by atoms with Crippen LogP contribution in [0.2, 0.25) is 0 Å². The highest BCUT2D eigenvalue weighted by atomic mass is 16.6. The molecule has 0 fully saturated rings. The number of esters is 3. The molecule has 9 nitrogen and oxygen atoms in total. The number of Topliss-reactive ketones (excluding diaryl/α,β-unsaturated/α-hetero) is 1. The smallest absolute Gasteiger partial charge is 0.308 e. The van der Waals surface area contributed by atoms with E-state index >= 15 is 0 Å². The minimum absolute atomic E-state index is 0.0133. The molecule has 1 heterocycles. The third-order valence-electron chi connectivity index (χ3n) is 4.09. The van der Waals surface area contributed by atoms with Gasteiger partial charge >= 0.3 is 17.9 Å². The summed E-state index contributed by atoms with van der Waals surface area (Å²) in [5, 5.41) is 10.2. The molecular weight excluding hydrogens is 396 g/mol. The van der Waals surface area contributed by atoms with Crippen molar-refractivity contribution in [2.24, 2.45) is 0 Å². The number of phenolic OH excluding ortho intramolecular Hbond substituents is 1. The molecule has 9 heteroatoms. The van der Waals surface area contributed by atoms with E-state index in [0.29, 0.717) is 0 Å². The Labute approximate surface area is 171 Å².